The van der Waals surface area contributed by atoms with Crippen molar-refractivity contribution in [2.45, 2.75) is 46.1 Å². The maximum atomic E-state index is 13.6. The first-order chi connectivity index (χ1) is 16.0. The lowest BCUT2D eigenvalue weighted by molar-refractivity contribution is 0.0587. The second-order valence-electron chi connectivity index (χ2n) is 8.79. The fourth-order valence-electron chi connectivity index (χ4n) is 4.43. The predicted molar refractivity (Wildman–Crippen MR) is 133 cm³/mol. The summed E-state index contributed by atoms with van der Waals surface area (Å²) < 4.78 is 35.1. The van der Waals surface area contributed by atoms with Gasteiger partial charge in [-0.2, -0.15) is 4.31 Å². The molecule has 0 N–H and O–H groups in total. The van der Waals surface area contributed by atoms with Crippen LogP contribution in [0.4, 0.5) is 0 Å². The molecule has 0 aliphatic heterocycles. The van der Waals surface area contributed by atoms with Crippen molar-refractivity contribution in [2.75, 3.05) is 20.2 Å². The number of fused-ring (bicyclic) bond motifs is 1. The van der Waals surface area contributed by atoms with Crippen LogP contribution in [0.3, 0.4) is 0 Å². The number of aromatic nitrogens is 1. The Kier molecular flexibility index (Phi) is 7.63. The van der Waals surface area contributed by atoms with Crippen molar-refractivity contribution in [1.29, 1.82) is 0 Å². The van der Waals surface area contributed by atoms with Crippen LogP contribution in [0.1, 0.15) is 52.9 Å². The zero-order chi connectivity index (χ0) is 25.2. The van der Waals surface area contributed by atoms with E-state index in [4.69, 9.17) is 4.74 Å². The average Bonchev–Trinajstić information content (AvgIpc) is 3.06. The quantitative estimate of drug-likeness (QED) is 0.327. The predicted octanol–water partition coefficient (Wildman–Crippen LogP) is 4.59. The highest BCUT2D eigenvalue weighted by atomic mass is 32.2. The molecule has 0 radical (unpaired) electrons. The van der Waals surface area contributed by atoms with Crippen LogP contribution in [0.25, 0.3) is 10.8 Å². The van der Waals surface area contributed by atoms with E-state index in [-0.39, 0.29) is 29.7 Å². The summed E-state index contributed by atoms with van der Waals surface area (Å²) in [7, 11) is -2.63. The number of carbonyl (C=O) groups is 2. The normalized spacial score (nSPS) is 12.0. The molecule has 0 fully saturated rings. The van der Waals surface area contributed by atoms with Gasteiger partial charge >= 0.3 is 5.97 Å². The first kappa shape index (κ1) is 25.6. The number of rotatable bonds is 9. The van der Waals surface area contributed by atoms with Gasteiger partial charge in [0.2, 0.25) is 10.0 Å². The molecule has 1 heterocycles. The Balaban J connectivity index is 2.03. The van der Waals surface area contributed by atoms with Gasteiger partial charge in [-0.05, 0) is 55.2 Å². The Morgan fingerprint density at radius 3 is 2.29 bits per heavy atom. The summed E-state index contributed by atoms with van der Waals surface area (Å²) in [5, 5.41) is 1.75. The molecule has 0 amide bonds. The zero-order valence-electron chi connectivity index (χ0n) is 20.6. The SMILES string of the molecule is CCn1c(C)c(C(=O)CN(CC(C)C)S(=O)(=O)c2ccc3ccccc3c2)c(C)c1C(=O)OC. The fraction of sp³-hybridized carbons (Fsp3) is 0.385. The lowest BCUT2D eigenvalue weighted by Gasteiger charge is -2.24. The first-order valence-corrected chi connectivity index (χ1v) is 12.8. The Hall–Kier alpha value is -2.97. The highest BCUT2D eigenvalue weighted by molar-refractivity contribution is 7.89. The van der Waals surface area contributed by atoms with Crippen molar-refractivity contribution in [1.82, 2.24) is 8.87 Å². The molecule has 8 heteroatoms. The van der Waals surface area contributed by atoms with Crippen molar-refractivity contribution in [3.8, 4) is 0 Å². The van der Waals surface area contributed by atoms with Gasteiger partial charge in [-0.25, -0.2) is 13.2 Å². The van der Waals surface area contributed by atoms with Gasteiger partial charge in [-0.3, -0.25) is 4.79 Å². The smallest absolute Gasteiger partial charge is 0.354 e. The van der Waals surface area contributed by atoms with Crippen LogP contribution in [0.2, 0.25) is 0 Å². The maximum Gasteiger partial charge on any atom is 0.354 e. The van der Waals surface area contributed by atoms with Crippen LogP contribution in [-0.4, -0.2) is 49.2 Å². The maximum absolute atomic E-state index is 13.6. The number of ether oxygens (including phenoxy) is 1. The summed E-state index contributed by atoms with van der Waals surface area (Å²) >= 11 is 0. The number of ketones is 1. The molecular formula is C26H32N2O5S. The van der Waals surface area contributed by atoms with E-state index in [2.05, 4.69) is 0 Å². The summed E-state index contributed by atoms with van der Waals surface area (Å²) in [4.78, 5) is 26.0. The highest BCUT2D eigenvalue weighted by Gasteiger charge is 2.31. The molecule has 0 saturated carbocycles. The molecule has 3 aromatic rings. The Labute approximate surface area is 201 Å². The molecule has 0 unspecified atom stereocenters. The third kappa shape index (κ3) is 4.79. The highest BCUT2D eigenvalue weighted by Crippen LogP contribution is 2.26. The number of methoxy groups -OCH3 is 1. The molecule has 182 valence electrons. The van der Waals surface area contributed by atoms with E-state index in [9.17, 15) is 18.0 Å². The number of Topliss-reactive ketones (excluding diaryl/α,β-unsaturated/α-hetero) is 1. The van der Waals surface area contributed by atoms with Crippen molar-refractivity contribution in [3.05, 3.63) is 65.0 Å². The van der Waals surface area contributed by atoms with Gasteiger partial charge in [0.1, 0.15) is 5.69 Å². The van der Waals surface area contributed by atoms with Crippen LogP contribution in [0.5, 0.6) is 0 Å². The fourth-order valence-corrected chi connectivity index (χ4v) is 6.03. The van der Waals surface area contributed by atoms with Gasteiger partial charge in [0.05, 0.1) is 18.6 Å². The first-order valence-electron chi connectivity index (χ1n) is 11.3. The van der Waals surface area contributed by atoms with Gasteiger partial charge < -0.3 is 9.30 Å². The van der Waals surface area contributed by atoms with Gasteiger partial charge in [0.25, 0.3) is 0 Å². The lowest BCUT2D eigenvalue weighted by Crippen LogP contribution is -2.38. The number of benzene rings is 2. The van der Waals surface area contributed by atoms with Gasteiger partial charge in [-0.15, -0.1) is 0 Å². The number of hydrogen-bond donors (Lipinski definition) is 0. The Bertz CT molecular complexity index is 1340. The second-order valence-corrected chi connectivity index (χ2v) is 10.7. The van der Waals surface area contributed by atoms with Crippen LogP contribution >= 0.6 is 0 Å². The molecule has 34 heavy (non-hydrogen) atoms. The van der Waals surface area contributed by atoms with Crippen molar-refractivity contribution in [3.63, 3.8) is 0 Å². The summed E-state index contributed by atoms with van der Waals surface area (Å²) in [6.07, 6.45) is 0. The van der Waals surface area contributed by atoms with Crippen LogP contribution < -0.4 is 0 Å². The largest absolute Gasteiger partial charge is 0.464 e. The van der Waals surface area contributed by atoms with Gasteiger partial charge in [0.15, 0.2) is 5.78 Å². The molecule has 2 aromatic carbocycles. The Morgan fingerprint density at radius 2 is 1.71 bits per heavy atom. The third-order valence-corrected chi connectivity index (χ3v) is 7.80. The lowest BCUT2D eigenvalue weighted by atomic mass is 10.1. The van der Waals surface area contributed by atoms with Crippen molar-refractivity contribution >= 4 is 32.5 Å². The molecule has 7 nitrogen and oxygen atoms in total. The van der Waals surface area contributed by atoms with Crippen LogP contribution in [0.15, 0.2) is 47.4 Å². The summed E-state index contributed by atoms with van der Waals surface area (Å²) in [6.45, 7) is 9.52. The second kappa shape index (κ2) is 10.1. The number of hydrogen-bond acceptors (Lipinski definition) is 5. The summed E-state index contributed by atoms with van der Waals surface area (Å²) in [5.74, 6) is -0.863. The van der Waals surface area contributed by atoms with Gasteiger partial charge in [0, 0.05) is 24.3 Å². The molecule has 0 bridgehead atoms. The monoisotopic (exact) mass is 484 g/mol. The number of sulfonamides is 1. The standard InChI is InChI=1S/C26H32N2O5S/c1-7-28-19(5)24(18(4)25(28)26(30)33-6)23(29)16-27(15-17(2)3)34(31,32)22-13-12-20-10-8-9-11-21(20)14-22/h8-14,17H,7,15-16H2,1-6H3. The average molecular weight is 485 g/mol. The topological polar surface area (TPSA) is 85.7 Å². The summed E-state index contributed by atoms with van der Waals surface area (Å²) in [6, 6.07) is 12.5. The molecule has 1 aromatic heterocycles. The number of esters is 1. The summed E-state index contributed by atoms with van der Waals surface area (Å²) in [5.41, 5.74) is 1.81. The zero-order valence-corrected chi connectivity index (χ0v) is 21.4. The van der Waals surface area contributed by atoms with E-state index in [1.165, 1.54) is 11.4 Å². The molecule has 0 spiro atoms. The van der Waals surface area contributed by atoms with E-state index in [1.54, 1.807) is 36.6 Å². The molecule has 3 rings (SSSR count). The third-order valence-electron chi connectivity index (χ3n) is 5.99. The molecular weight excluding hydrogens is 452 g/mol. The minimum absolute atomic E-state index is 0.0103. The molecule has 0 aliphatic carbocycles. The van der Waals surface area contributed by atoms with E-state index in [0.717, 1.165) is 10.8 Å². The minimum atomic E-state index is -3.93. The number of nitrogens with zero attached hydrogens (tertiary/aromatic N) is 2. The molecule has 0 aliphatic rings. The van der Waals surface area contributed by atoms with Gasteiger partial charge in [-0.1, -0.05) is 44.2 Å². The minimum Gasteiger partial charge on any atom is -0.464 e. The van der Waals surface area contributed by atoms with E-state index in [1.807, 2.05) is 45.0 Å². The van der Waals surface area contributed by atoms with E-state index >= 15 is 0 Å². The molecule has 0 saturated heterocycles. The van der Waals surface area contributed by atoms with Crippen molar-refractivity contribution in [2.24, 2.45) is 5.92 Å². The van der Waals surface area contributed by atoms with Crippen molar-refractivity contribution < 1.29 is 22.7 Å². The van der Waals surface area contributed by atoms with E-state index in [0.29, 0.717) is 29.1 Å². The number of carbonyl (C=O) groups excluding carboxylic acids is 2. The van der Waals surface area contributed by atoms with Crippen LogP contribution in [-0.2, 0) is 21.3 Å². The van der Waals surface area contributed by atoms with E-state index < -0.39 is 16.0 Å². The molecule has 0 atom stereocenters. The Morgan fingerprint density at radius 1 is 1.06 bits per heavy atom. The van der Waals surface area contributed by atoms with Crippen LogP contribution in [0, 0.1) is 19.8 Å².